The fourth-order valence-electron chi connectivity index (χ4n) is 1.90. The van der Waals surface area contributed by atoms with Gasteiger partial charge in [0.25, 0.3) is 0 Å². The molecule has 0 bridgehead atoms. The minimum Gasteiger partial charge on any atom is -0.374 e. The van der Waals surface area contributed by atoms with E-state index in [9.17, 15) is 17.2 Å². The van der Waals surface area contributed by atoms with Gasteiger partial charge in [-0.1, -0.05) is 18.6 Å². The molecule has 0 spiro atoms. The van der Waals surface area contributed by atoms with Crippen LogP contribution in [0, 0.1) is 0 Å². The molecule has 2 N–H and O–H groups in total. The molecule has 0 fully saturated rings. The van der Waals surface area contributed by atoms with E-state index < -0.39 is 15.6 Å². The first-order chi connectivity index (χ1) is 9.41. The number of sulfone groups is 1. The second-order valence-electron chi connectivity index (χ2n) is 4.54. The van der Waals surface area contributed by atoms with E-state index in [4.69, 9.17) is 5.73 Å². The monoisotopic (exact) mass is 306 g/mol. The summed E-state index contributed by atoms with van der Waals surface area (Å²) in [5, 5.41) is 0. The molecule has 114 valence electrons. The van der Waals surface area contributed by atoms with Gasteiger partial charge < -0.3 is 10.6 Å². The molecule has 0 radical (unpaired) electrons. The summed E-state index contributed by atoms with van der Waals surface area (Å²) in [5.41, 5.74) is 5.70. The molecule has 0 aliphatic rings. The third-order valence-corrected chi connectivity index (χ3v) is 4.44. The minimum atomic E-state index is -4.58. The van der Waals surface area contributed by atoms with E-state index in [0.29, 0.717) is 18.8 Å². The zero-order valence-electron chi connectivity index (χ0n) is 11.4. The van der Waals surface area contributed by atoms with Crippen molar-refractivity contribution in [3.05, 3.63) is 24.3 Å². The molecule has 20 heavy (non-hydrogen) atoms. The maximum atomic E-state index is 12.7. The van der Waals surface area contributed by atoms with Crippen molar-refractivity contribution >= 4 is 15.5 Å². The Morgan fingerprint density at radius 2 is 1.85 bits per heavy atom. The van der Waals surface area contributed by atoms with Crippen LogP contribution in [0.5, 0.6) is 0 Å². The molecule has 0 unspecified atom stereocenters. The molecule has 4 nitrogen and oxygen atoms in total. The molecular weight excluding hydrogens is 286 g/mol. The van der Waals surface area contributed by atoms with Gasteiger partial charge in [0.05, 0.1) is 10.6 Å². The Labute approximate surface area is 118 Å². The van der Waals surface area contributed by atoms with Gasteiger partial charge in [-0.2, -0.15) is 8.78 Å². The van der Waals surface area contributed by atoms with E-state index in [-0.39, 0.29) is 4.90 Å². The van der Waals surface area contributed by atoms with E-state index in [1.54, 1.807) is 18.0 Å². The van der Waals surface area contributed by atoms with Crippen LogP contribution in [0.25, 0.3) is 0 Å². The molecule has 7 heteroatoms. The van der Waals surface area contributed by atoms with Gasteiger partial charge in [0.15, 0.2) is 0 Å². The summed E-state index contributed by atoms with van der Waals surface area (Å²) in [6.07, 6.45) is 2.65. The molecule has 0 amide bonds. The lowest BCUT2D eigenvalue weighted by atomic mass is 10.2. The van der Waals surface area contributed by atoms with Gasteiger partial charge in [0.2, 0.25) is 9.84 Å². The van der Waals surface area contributed by atoms with Crippen LogP contribution in [0.1, 0.15) is 19.3 Å². The quantitative estimate of drug-likeness (QED) is 0.748. The summed E-state index contributed by atoms with van der Waals surface area (Å²) >= 11 is 0. The first-order valence-corrected chi connectivity index (χ1v) is 7.98. The van der Waals surface area contributed by atoms with Gasteiger partial charge in [0, 0.05) is 13.6 Å². The normalized spacial score (nSPS) is 11.8. The molecule has 1 aromatic rings. The number of rotatable bonds is 8. The van der Waals surface area contributed by atoms with E-state index in [2.05, 4.69) is 0 Å². The van der Waals surface area contributed by atoms with Crippen molar-refractivity contribution in [1.82, 2.24) is 0 Å². The van der Waals surface area contributed by atoms with Crippen molar-refractivity contribution in [1.29, 1.82) is 0 Å². The van der Waals surface area contributed by atoms with Crippen molar-refractivity contribution in [3.63, 3.8) is 0 Å². The number of hydrogen-bond acceptors (Lipinski definition) is 4. The average molecular weight is 306 g/mol. The number of para-hydroxylation sites is 1. The molecule has 0 saturated heterocycles. The zero-order valence-corrected chi connectivity index (χ0v) is 12.2. The molecule has 0 saturated carbocycles. The third-order valence-electron chi connectivity index (χ3n) is 3.02. The topological polar surface area (TPSA) is 63.4 Å². The maximum absolute atomic E-state index is 12.7. The Bertz CT molecular complexity index is 521. The fourth-order valence-corrected chi connectivity index (χ4v) is 2.88. The van der Waals surface area contributed by atoms with E-state index in [0.717, 1.165) is 19.3 Å². The van der Waals surface area contributed by atoms with Gasteiger partial charge in [-0.3, -0.25) is 0 Å². The van der Waals surface area contributed by atoms with Gasteiger partial charge in [0.1, 0.15) is 0 Å². The van der Waals surface area contributed by atoms with Crippen molar-refractivity contribution in [3.8, 4) is 0 Å². The van der Waals surface area contributed by atoms with Crippen molar-refractivity contribution in [2.24, 2.45) is 5.73 Å². The molecule has 0 aliphatic carbocycles. The number of anilines is 1. The van der Waals surface area contributed by atoms with Gasteiger partial charge in [-0.05, 0) is 31.5 Å². The van der Waals surface area contributed by atoms with Gasteiger partial charge >= 0.3 is 5.76 Å². The van der Waals surface area contributed by atoms with Crippen molar-refractivity contribution < 1.29 is 17.2 Å². The second kappa shape index (κ2) is 7.54. The SMILES string of the molecule is CN(CCCCCN)c1ccccc1S(=O)(=O)C(F)F. The van der Waals surface area contributed by atoms with Crippen LogP contribution in [0.2, 0.25) is 0 Å². The highest BCUT2D eigenvalue weighted by Crippen LogP contribution is 2.28. The van der Waals surface area contributed by atoms with Crippen LogP contribution in [0.4, 0.5) is 14.5 Å². The highest BCUT2D eigenvalue weighted by Gasteiger charge is 2.29. The number of benzene rings is 1. The highest BCUT2D eigenvalue weighted by atomic mass is 32.2. The predicted octanol–water partition coefficient (Wildman–Crippen LogP) is 2.25. The lowest BCUT2D eigenvalue weighted by Crippen LogP contribution is -2.22. The van der Waals surface area contributed by atoms with E-state index in [1.807, 2.05) is 0 Å². The number of nitrogens with two attached hydrogens (primary N) is 1. The molecule has 0 aliphatic heterocycles. The predicted molar refractivity (Wildman–Crippen MR) is 75.8 cm³/mol. The van der Waals surface area contributed by atoms with Gasteiger partial charge in [-0.25, -0.2) is 8.42 Å². The maximum Gasteiger partial charge on any atom is 0.341 e. The summed E-state index contributed by atoms with van der Waals surface area (Å²) in [6, 6.07) is 5.84. The molecule has 1 aromatic carbocycles. The summed E-state index contributed by atoms with van der Waals surface area (Å²) in [6.45, 7) is 1.20. The lowest BCUT2D eigenvalue weighted by molar-refractivity contribution is 0.235. The second-order valence-corrected chi connectivity index (χ2v) is 6.43. The smallest absolute Gasteiger partial charge is 0.341 e. The number of hydrogen-bond donors (Lipinski definition) is 1. The first-order valence-electron chi connectivity index (χ1n) is 6.43. The van der Waals surface area contributed by atoms with Crippen molar-refractivity contribution in [2.45, 2.75) is 29.9 Å². The van der Waals surface area contributed by atoms with Gasteiger partial charge in [-0.15, -0.1) is 0 Å². The van der Waals surface area contributed by atoms with Crippen LogP contribution >= 0.6 is 0 Å². The standard InChI is InChI=1S/C13H20F2N2O2S/c1-17(10-6-2-5-9-16)11-7-3-4-8-12(11)20(18,19)13(14)15/h3-4,7-8,13H,2,5-6,9-10,16H2,1H3. The van der Waals surface area contributed by atoms with E-state index >= 15 is 0 Å². The van der Waals surface area contributed by atoms with Crippen LogP contribution in [-0.4, -0.2) is 34.3 Å². The Balaban J connectivity index is 2.91. The summed E-state index contributed by atoms with van der Waals surface area (Å²) in [4.78, 5) is 1.36. The number of unbranched alkanes of at least 4 members (excludes halogenated alkanes) is 2. The molecule has 0 atom stereocenters. The fraction of sp³-hybridized carbons (Fsp3) is 0.538. The van der Waals surface area contributed by atoms with Crippen LogP contribution in [0.15, 0.2) is 29.2 Å². The number of nitrogens with zero attached hydrogens (tertiary/aromatic N) is 1. The third kappa shape index (κ3) is 4.14. The van der Waals surface area contributed by atoms with Crippen LogP contribution < -0.4 is 10.6 Å². The Hall–Kier alpha value is -1.21. The minimum absolute atomic E-state index is 0.306. The summed E-state index contributed by atoms with van der Waals surface area (Å²) < 4.78 is 48.6. The molecular formula is C13H20F2N2O2S. The Morgan fingerprint density at radius 3 is 2.45 bits per heavy atom. The van der Waals surface area contributed by atoms with Crippen LogP contribution in [0.3, 0.4) is 0 Å². The Kier molecular flexibility index (Phi) is 6.35. The number of alkyl halides is 2. The largest absolute Gasteiger partial charge is 0.374 e. The number of halogens is 2. The average Bonchev–Trinajstić information content (AvgIpc) is 2.43. The Morgan fingerprint density at radius 1 is 1.20 bits per heavy atom. The summed E-state index contributed by atoms with van der Waals surface area (Å²) in [5.74, 6) is -3.41. The molecule has 0 aromatic heterocycles. The van der Waals surface area contributed by atoms with E-state index in [1.165, 1.54) is 18.2 Å². The lowest BCUT2D eigenvalue weighted by Gasteiger charge is -2.22. The van der Waals surface area contributed by atoms with Crippen LogP contribution in [-0.2, 0) is 9.84 Å². The highest BCUT2D eigenvalue weighted by molar-refractivity contribution is 7.91. The molecule has 1 rings (SSSR count). The zero-order chi connectivity index (χ0) is 15.2. The first kappa shape index (κ1) is 16.8. The van der Waals surface area contributed by atoms with Crippen molar-refractivity contribution in [2.75, 3.05) is 25.0 Å². The molecule has 0 heterocycles. The summed E-state index contributed by atoms with van der Waals surface area (Å²) in [7, 11) is -2.89.